The molecule has 0 bridgehead atoms. The molecule has 0 spiro atoms. The molecule has 22 heavy (non-hydrogen) atoms. The van der Waals surface area contributed by atoms with E-state index in [4.69, 9.17) is 0 Å². The van der Waals surface area contributed by atoms with Crippen LogP contribution >= 0.6 is 0 Å². The minimum absolute atomic E-state index is 0.676. The summed E-state index contributed by atoms with van der Waals surface area (Å²) in [5.41, 5.74) is 4.97. The van der Waals surface area contributed by atoms with Crippen molar-refractivity contribution in [2.45, 2.75) is 72.1 Å². The van der Waals surface area contributed by atoms with Gasteiger partial charge in [-0.25, -0.2) is 4.98 Å². The summed E-state index contributed by atoms with van der Waals surface area (Å²) >= 11 is 0. The summed E-state index contributed by atoms with van der Waals surface area (Å²) in [6.45, 7) is 7.62. The Bertz CT molecular complexity index is 541. The highest BCUT2D eigenvalue weighted by molar-refractivity contribution is 5.56. The molecule has 1 heterocycles. The smallest absolute Gasteiger partial charge is 0.273 e. The molecular weight excluding hydrogens is 270 g/mol. The Morgan fingerprint density at radius 3 is 2.59 bits per heavy atom. The Balaban J connectivity index is 2.32. The molecule has 1 aromatic heterocycles. The molecule has 0 radical (unpaired) electrons. The number of hydrogen-bond acceptors (Lipinski definition) is 2. The normalized spacial score (nSPS) is 13.8. The Labute approximate surface area is 135 Å². The van der Waals surface area contributed by atoms with E-state index in [1.54, 1.807) is 0 Å². The zero-order valence-electron chi connectivity index (χ0n) is 14.4. The molecule has 120 valence electrons. The molecule has 0 aliphatic heterocycles. The minimum Gasteiger partial charge on any atom is -0.273 e. The van der Waals surface area contributed by atoms with Gasteiger partial charge in [0.1, 0.15) is 17.3 Å². The van der Waals surface area contributed by atoms with Crippen LogP contribution in [0.3, 0.4) is 0 Å². The van der Waals surface area contributed by atoms with E-state index in [0.29, 0.717) is 5.92 Å². The van der Waals surface area contributed by atoms with E-state index in [1.165, 1.54) is 42.5 Å². The molecule has 0 aromatic carbocycles. The number of aryl methyl sites for hydroxylation is 1. The number of unbranched alkanes of at least 4 members (excludes halogenated alkanes) is 1. The van der Waals surface area contributed by atoms with Crippen LogP contribution in [0.5, 0.6) is 0 Å². The molecule has 0 fully saturated rings. The van der Waals surface area contributed by atoms with Crippen molar-refractivity contribution in [3.8, 4) is 6.07 Å². The van der Waals surface area contributed by atoms with Crippen LogP contribution in [-0.2, 0) is 19.3 Å². The summed E-state index contributed by atoms with van der Waals surface area (Å²) in [6.07, 6.45) is 9.30. The monoisotopic (exact) mass is 300 g/mol. The third kappa shape index (κ3) is 4.00. The average Bonchev–Trinajstić information content (AvgIpc) is 2.52. The molecule has 1 aliphatic carbocycles. The van der Waals surface area contributed by atoms with Crippen LogP contribution in [0, 0.1) is 17.2 Å². The van der Waals surface area contributed by atoms with Crippen molar-refractivity contribution in [3.05, 3.63) is 22.4 Å². The number of pyridine rings is 1. The quantitative estimate of drug-likeness (QED) is 0.825. The van der Waals surface area contributed by atoms with Crippen LogP contribution < -0.4 is 10.3 Å². The van der Waals surface area contributed by atoms with Crippen molar-refractivity contribution in [2.24, 2.45) is 5.92 Å². The fourth-order valence-corrected chi connectivity index (χ4v) is 3.26. The number of nitrogens with zero attached hydrogens (tertiary/aromatic N) is 1. The summed E-state index contributed by atoms with van der Waals surface area (Å²) in [6, 6.07) is 2.45. The number of H-pyrrole nitrogens is 1. The van der Waals surface area contributed by atoms with Crippen molar-refractivity contribution < 1.29 is 4.98 Å². The molecule has 1 aromatic rings. The Kier molecular flexibility index (Phi) is 6.24. The average molecular weight is 300 g/mol. The van der Waals surface area contributed by atoms with E-state index in [2.05, 4.69) is 37.1 Å². The van der Waals surface area contributed by atoms with E-state index in [0.717, 1.165) is 43.6 Å². The maximum Gasteiger partial charge on any atom is 0.290 e. The lowest BCUT2D eigenvalue weighted by Gasteiger charge is -2.20. The van der Waals surface area contributed by atoms with Gasteiger partial charge in [-0.15, -0.1) is 0 Å². The SMILES string of the molecule is CCCCc1[nH+]c(NCCC(C)C)c(C#N)c2c1CCCC2. The number of nitriles is 1. The topological polar surface area (TPSA) is 50.0 Å². The highest BCUT2D eigenvalue weighted by Crippen LogP contribution is 2.29. The van der Waals surface area contributed by atoms with E-state index < -0.39 is 0 Å². The van der Waals surface area contributed by atoms with Gasteiger partial charge >= 0.3 is 0 Å². The van der Waals surface area contributed by atoms with Gasteiger partial charge in [0, 0.05) is 6.42 Å². The maximum absolute atomic E-state index is 9.64. The van der Waals surface area contributed by atoms with Gasteiger partial charge in [0.25, 0.3) is 5.82 Å². The van der Waals surface area contributed by atoms with Crippen LogP contribution in [0.1, 0.15) is 75.3 Å². The van der Waals surface area contributed by atoms with Crippen LogP contribution in [0.2, 0.25) is 0 Å². The first kappa shape index (κ1) is 16.8. The van der Waals surface area contributed by atoms with Crippen molar-refractivity contribution in [3.63, 3.8) is 0 Å². The number of fused-ring (bicyclic) bond motifs is 1. The van der Waals surface area contributed by atoms with E-state index in [9.17, 15) is 5.26 Å². The molecule has 0 atom stereocenters. The summed E-state index contributed by atoms with van der Waals surface area (Å²) in [5, 5.41) is 13.1. The molecule has 0 unspecified atom stereocenters. The number of aromatic nitrogens is 1. The highest BCUT2D eigenvalue weighted by atomic mass is 15.0. The molecule has 0 saturated carbocycles. The number of aromatic amines is 1. The lowest BCUT2D eigenvalue weighted by Crippen LogP contribution is -2.26. The first-order chi connectivity index (χ1) is 10.7. The van der Waals surface area contributed by atoms with Crippen molar-refractivity contribution in [1.82, 2.24) is 0 Å². The van der Waals surface area contributed by atoms with Gasteiger partial charge in [0.15, 0.2) is 0 Å². The van der Waals surface area contributed by atoms with Gasteiger partial charge in [0.05, 0.1) is 6.54 Å². The number of nitrogens with one attached hydrogen (secondary N) is 2. The Hall–Kier alpha value is -1.56. The number of hydrogen-bond donors (Lipinski definition) is 1. The van der Waals surface area contributed by atoms with Crippen molar-refractivity contribution >= 4 is 5.82 Å². The van der Waals surface area contributed by atoms with Crippen LogP contribution in [-0.4, -0.2) is 6.54 Å². The van der Waals surface area contributed by atoms with E-state index in [-0.39, 0.29) is 0 Å². The molecular formula is C19H30N3+. The van der Waals surface area contributed by atoms with Gasteiger partial charge < -0.3 is 0 Å². The lowest BCUT2D eigenvalue weighted by molar-refractivity contribution is -0.375. The summed E-state index contributed by atoms with van der Waals surface area (Å²) in [7, 11) is 0. The second-order valence-electron chi connectivity index (χ2n) is 6.84. The second kappa shape index (κ2) is 8.17. The number of anilines is 1. The predicted octanol–water partition coefficient (Wildman–Crippen LogP) is 4.05. The number of rotatable bonds is 7. The van der Waals surface area contributed by atoms with Crippen molar-refractivity contribution in [2.75, 3.05) is 11.9 Å². The van der Waals surface area contributed by atoms with Crippen LogP contribution in [0.4, 0.5) is 5.82 Å². The molecule has 2 rings (SSSR count). The minimum atomic E-state index is 0.676. The Morgan fingerprint density at radius 1 is 1.23 bits per heavy atom. The fourth-order valence-electron chi connectivity index (χ4n) is 3.26. The first-order valence-corrected chi connectivity index (χ1v) is 8.91. The van der Waals surface area contributed by atoms with Gasteiger partial charge in [0.2, 0.25) is 0 Å². The zero-order chi connectivity index (χ0) is 15.9. The second-order valence-corrected chi connectivity index (χ2v) is 6.84. The standard InChI is InChI=1S/C19H29N3/c1-4-5-10-18-16-9-7-6-8-15(16)17(13-20)19(22-18)21-12-11-14(2)3/h14H,4-12H2,1-3H3,(H,21,22)/p+1. The van der Waals surface area contributed by atoms with Gasteiger partial charge in [-0.3, -0.25) is 5.32 Å². The van der Waals surface area contributed by atoms with E-state index in [1.807, 2.05) is 0 Å². The maximum atomic E-state index is 9.64. The molecule has 0 amide bonds. The fraction of sp³-hybridized carbons (Fsp3) is 0.684. The summed E-state index contributed by atoms with van der Waals surface area (Å²) in [5.74, 6) is 1.63. The van der Waals surface area contributed by atoms with Crippen LogP contribution in [0.15, 0.2) is 0 Å². The Morgan fingerprint density at radius 2 is 1.95 bits per heavy atom. The summed E-state index contributed by atoms with van der Waals surface area (Å²) in [4.78, 5) is 3.57. The summed E-state index contributed by atoms with van der Waals surface area (Å²) < 4.78 is 0. The van der Waals surface area contributed by atoms with E-state index >= 15 is 0 Å². The third-order valence-electron chi connectivity index (χ3n) is 4.58. The highest BCUT2D eigenvalue weighted by Gasteiger charge is 2.25. The lowest BCUT2D eigenvalue weighted by atomic mass is 9.86. The van der Waals surface area contributed by atoms with Crippen LogP contribution in [0.25, 0.3) is 0 Å². The molecule has 0 saturated heterocycles. The first-order valence-electron chi connectivity index (χ1n) is 8.91. The molecule has 2 N–H and O–H groups in total. The molecule has 1 aliphatic rings. The molecule has 3 nitrogen and oxygen atoms in total. The largest absolute Gasteiger partial charge is 0.290 e. The molecule has 3 heteroatoms. The van der Waals surface area contributed by atoms with Gasteiger partial charge in [-0.2, -0.15) is 5.26 Å². The third-order valence-corrected chi connectivity index (χ3v) is 4.58. The predicted molar refractivity (Wildman–Crippen MR) is 90.9 cm³/mol. The zero-order valence-corrected chi connectivity index (χ0v) is 14.4. The van der Waals surface area contributed by atoms with Gasteiger partial charge in [-0.1, -0.05) is 27.2 Å². The van der Waals surface area contributed by atoms with Gasteiger partial charge in [-0.05, 0) is 55.6 Å². The van der Waals surface area contributed by atoms with Crippen molar-refractivity contribution in [1.29, 1.82) is 5.26 Å².